The van der Waals surface area contributed by atoms with Crippen LogP contribution < -0.4 is 0 Å². The number of aromatic nitrogens is 5. The molecule has 0 fully saturated rings. The molecule has 0 saturated heterocycles. The first kappa shape index (κ1) is 21.4. The highest BCUT2D eigenvalue weighted by atomic mass is 15.1. The molecule has 0 atom stereocenters. The first-order valence-electron chi connectivity index (χ1n) is 13.4. The van der Waals surface area contributed by atoms with E-state index in [4.69, 9.17) is 9.97 Å². The zero-order valence-corrected chi connectivity index (χ0v) is 21.4. The molecule has 0 unspecified atom stereocenters. The summed E-state index contributed by atoms with van der Waals surface area (Å²) in [6, 6.07) is 40.3. The van der Waals surface area contributed by atoms with E-state index in [-0.39, 0.29) is 0 Å². The number of hydrogen-bond acceptors (Lipinski definition) is 3. The van der Waals surface area contributed by atoms with E-state index in [9.17, 15) is 0 Å². The minimum absolute atomic E-state index is 0.867. The summed E-state index contributed by atoms with van der Waals surface area (Å²) in [6.07, 6.45) is 3.57. The molecule has 0 N–H and O–H groups in total. The molecule has 5 heteroatoms. The minimum atomic E-state index is 0.867. The lowest BCUT2D eigenvalue weighted by Crippen LogP contribution is -2.02. The van der Waals surface area contributed by atoms with Crippen molar-refractivity contribution in [3.05, 3.63) is 128 Å². The highest BCUT2D eigenvalue weighted by Crippen LogP contribution is 2.46. The number of pyridine rings is 1. The number of rotatable bonds is 2. The van der Waals surface area contributed by atoms with Gasteiger partial charge in [0, 0.05) is 44.2 Å². The fraction of sp³-hybridized carbons (Fsp3) is 0. The lowest BCUT2D eigenvalue weighted by molar-refractivity contribution is 1.07. The number of para-hydroxylation sites is 4. The highest BCUT2D eigenvalue weighted by Gasteiger charge is 2.25. The normalized spacial score (nSPS) is 12.0. The van der Waals surface area contributed by atoms with Gasteiger partial charge in [-0.2, -0.15) is 0 Å². The van der Waals surface area contributed by atoms with Crippen LogP contribution in [0, 0.1) is 0 Å². The van der Waals surface area contributed by atoms with Gasteiger partial charge in [-0.1, -0.05) is 72.8 Å². The van der Waals surface area contributed by atoms with Crippen molar-refractivity contribution in [3.63, 3.8) is 0 Å². The van der Waals surface area contributed by atoms with Crippen LogP contribution in [0.5, 0.6) is 0 Å². The Balaban J connectivity index is 1.67. The minimum Gasteiger partial charge on any atom is -0.307 e. The van der Waals surface area contributed by atoms with E-state index < -0.39 is 0 Å². The second-order valence-corrected chi connectivity index (χ2v) is 10.1. The second kappa shape index (κ2) is 7.98. The molecule has 5 nitrogen and oxygen atoms in total. The van der Waals surface area contributed by atoms with Crippen molar-refractivity contribution in [3.8, 4) is 11.5 Å². The van der Waals surface area contributed by atoms with Gasteiger partial charge in [-0.25, -0.2) is 9.97 Å². The lowest BCUT2D eigenvalue weighted by atomic mass is 10.0. The van der Waals surface area contributed by atoms with Crippen molar-refractivity contribution in [2.24, 2.45) is 0 Å². The third kappa shape index (κ3) is 2.73. The molecule has 0 aliphatic rings. The number of fused-ring (bicyclic) bond motifs is 11. The Labute approximate surface area is 228 Å². The Hall–Kier alpha value is -5.55. The van der Waals surface area contributed by atoms with Crippen LogP contribution in [0.4, 0.5) is 0 Å². The molecule has 0 radical (unpaired) electrons. The molecule has 0 saturated carbocycles. The molecule has 4 aromatic heterocycles. The SMILES string of the molecule is c1ccc(-n2c3ccccc3c3c4ncccc4c4c5ccccc5n(-c5ncnc6ccccc56)c4c32)cc1. The largest absolute Gasteiger partial charge is 0.307 e. The molecule has 0 spiro atoms. The summed E-state index contributed by atoms with van der Waals surface area (Å²) in [5.41, 5.74) is 7.51. The first-order valence-corrected chi connectivity index (χ1v) is 13.4. The van der Waals surface area contributed by atoms with Crippen molar-refractivity contribution in [2.75, 3.05) is 0 Å². The fourth-order valence-electron chi connectivity index (χ4n) is 6.48. The average Bonchev–Trinajstić information content (AvgIpc) is 3.55. The van der Waals surface area contributed by atoms with Crippen molar-refractivity contribution in [2.45, 2.75) is 0 Å². The van der Waals surface area contributed by atoms with Gasteiger partial charge < -0.3 is 4.57 Å². The summed E-state index contributed by atoms with van der Waals surface area (Å²) < 4.78 is 4.72. The van der Waals surface area contributed by atoms with Gasteiger partial charge in [-0.15, -0.1) is 0 Å². The van der Waals surface area contributed by atoms with E-state index >= 15 is 0 Å². The molecular weight excluding hydrogens is 490 g/mol. The average molecular weight is 512 g/mol. The molecule has 0 aliphatic carbocycles. The van der Waals surface area contributed by atoms with Crippen LogP contribution in [0.15, 0.2) is 128 Å². The number of hydrogen-bond donors (Lipinski definition) is 0. The van der Waals surface area contributed by atoms with Crippen molar-refractivity contribution >= 4 is 65.4 Å². The molecule has 40 heavy (non-hydrogen) atoms. The van der Waals surface area contributed by atoms with Gasteiger partial charge in [-0.3, -0.25) is 9.55 Å². The van der Waals surface area contributed by atoms with Gasteiger partial charge in [-0.05, 0) is 42.5 Å². The van der Waals surface area contributed by atoms with Gasteiger partial charge in [0.2, 0.25) is 0 Å². The van der Waals surface area contributed by atoms with E-state index in [1.165, 1.54) is 16.2 Å². The maximum absolute atomic E-state index is 5.01. The Morgan fingerprint density at radius 2 is 1.07 bits per heavy atom. The summed E-state index contributed by atoms with van der Waals surface area (Å²) in [7, 11) is 0. The summed E-state index contributed by atoms with van der Waals surface area (Å²) in [5.74, 6) is 0.867. The van der Waals surface area contributed by atoms with E-state index in [1.807, 2.05) is 24.4 Å². The van der Waals surface area contributed by atoms with Crippen molar-refractivity contribution in [1.29, 1.82) is 0 Å². The van der Waals surface area contributed by atoms with Crippen LogP contribution in [0.1, 0.15) is 0 Å². The molecule has 0 aliphatic heterocycles. The third-order valence-corrected chi connectivity index (χ3v) is 8.04. The van der Waals surface area contributed by atoms with Crippen LogP contribution in [0.2, 0.25) is 0 Å². The number of nitrogens with zero attached hydrogens (tertiary/aromatic N) is 5. The van der Waals surface area contributed by atoms with Crippen LogP contribution >= 0.6 is 0 Å². The van der Waals surface area contributed by atoms with Crippen LogP contribution in [-0.4, -0.2) is 24.1 Å². The third-order valence-electron chi connectivity index (χ3n) is 8.04. The second-order valence-electron chi connectivity index (χ2n) is 10.1. The standard InChI is InChI=1S/C35H21N5/c1-2-11-22(12-3-1)39-28-18-8-6-15-25(28)31-32-26(16-10-20-36-32)30-24-14-5-9-19-29(24)40(33(30)34(31)39)35-23-13-4-7-17-27(23)37-21-38-35/h1-21H. The van der Waals surface area contributed by atoms with Gasteiger partial charge in [0.15, 0.2) is 0 Å². The molecule has 9 rings (SSSR count). The van der Waals surface area contributed by atoms with Gasteiger partial charge >= 0.3 is 0 Å². The highest BCUT2D eigenvalue weighted by molar-refractivity contribution is 6.35. The fourth-order valence-corrected chi connectivity index (χ4v) is 6.48. The lowest BCUT2D eigenvalue weighted by Gasteiger charge is -2.14. The number of benzene rings is 5. The Morgan fingerprint density at radius 1 is 0.450 bits per heavy atom. The summed E-state index contributed by atoms with van der Waals surface area (Å²) in [6.45, 7) is 0. The van der Waals surface area contributed by atoms with Crippen molar-refractivity contribution in [1.82, 2.24) is 24.1 Å². The quantitative estimate of drug-likeness (QED) is 0.234. The Morgan fingerprint density at radius 3 is 1.90 bits per heavy atom. The predicted octanol–water partition coefficient (Wildman–Crippen LogP) is 8.37. The van der Waals surface area contributed by atoms with Gasteiger partial charge in [0.1, 0.15) is 12.1 Å². The van der Waals surface area contributed by atoms with Crippen molar-refractivity contribution < 1.29 is 0 Å². The topological polar surface area (TPSA) is 48.5 Å². The monoisotopic (exact) mass is 511 g/mol. The van der Waals surface area contributed by atoms with Crippen LogP contribution in [0.3, 0.4) is 0 Å². The molecule has 9 aromatic rings. The smallest absolute Gasteiger partial charge is 0.149 e. The Kier molecular flexibility index (Phi) is 4.27. The zero-order valence-electron chi connectivity index (χ0n) is 21.4. The zero-order chi connectivity index (χ0) is 26.2. The maximum atomic E-state index is 5.01. The molecule has 0 bridgehead atoms. The Bertz CT molecular complexity index is 2430. The van der Waals surface area contributed by atoms with E-state index in [0.29, 0.717) is 0 Å². The van der Waals surface area contributed by atoms with E-state index in [0.717, 1.165) is 60.8 Å². The van der Waals surface area contributed by atoms with Gasteiger partial charge in [0.25, 0.3) is 0 Å². The summed E-state index contributed by atoms with van der Waals surface area (Å²) in [5, 5.41) is 6.81. The molecular formula is C35H21N5. The summed E-state index contributed by atoms with van der Waals surface area (Å²) in [4.78, 5) is 14.5. The molecule has 5 aromatic carbocycles. The van der Waals surface area contributed by atoms with Gasteiger partial charge in [0.05, 0.1) is 33.1 Å². The van der Waals surface area contributed by atoms with Crippen LogP contribution in [0.25, 0.3) is 76.9 Å². The summed E-state index contributed by atoms with van der Waals surface area (Å²) >= 11 is 0. The van der Waals surface area contributed by atoms with E-state index in [1.54, 1.807) is 6.33 Å². The predicted molar refractivity (Wildman–Crippen MR) is 164 cm³/mol. The van der Waals surface area contributed by atoms with Crippen LogP contribution in [-0.2, 0) is 0 Å². The molecule has 186 valence electrons. The molecule has 0 amide bonds. The van der Waals surface area contributed by atoms with E-state index in [2.05, 4.69) is 111 Å². The molecule has 4 heterocycles. The maximum Gasteiger partial charge on any atom is 0.149 e. The first-order chi connectivity index (χ1) is 19.9.